The van der Waals surface area contributed by atoms with Crippen LogP contribution in [0.2, 0.25) is 5.02 Å². The van der Waals surface area contributed by atoms with Gasteiger partial charge in [-0.15, -0.1) is 0 Å². The number of nitrogens with zero attached hydrogens (tertiary/aromatic N) is 2. The Balaban J connectivity index is 2.07. The lowest BCUT2D eigenvalue weighted by molar-refractivity contribution is 0.664. The van der Waals surface area contributed by atoms with E-state index in [0.29, 0.717) is 0 Å². The number of aryl methyl sites for hydroxylation is 1. The van der Waals surface area contributed by atoms with Gasteiger partial charge in [-0.25, -0.2) is 4.98 Å². The Hall–Kier alpha value is -1.80. The Bertz CT molecular complexity index is 716. The monoisotopic (exact) mass is 284 g/mol. The van der Waals surface area contributed by atoms with Gasteiger partial charge in [-0.05, 0) is 30.2 Å². The topological polar surface area (TPSA) is 17.8 Å². The van der Waals surface area contributed by atoms with Crippen molar-refractivity contribution in [3.05, 3.63) is 64.9 Å². The molecule has 2 nitrogen and oxygen atoms in total. The van der Waals surface area contributed by atoms with E-state index in [4.69, 9.17) is 16.6 Å². The van der Waals surface area contributed by atoms with Gasteiger partial charge in [0.05, 0.1) is 11.0 Å². The third kappa shape index (κ3) is 2.56. The summed E-state index contributed by atoms with van der Waals surface area (Å²) >= 11 is 6.12. The minimum absolute atomic E-state index is 0.765. The molecule has 0 amide bonds. The fraction of sp³-hybridized carbons (Fsp3) is 0.235. The molecule has 0 aliphatic carbocycles. The van der Waals surface area contributed by atoms with E-state index in [9.17, 15) is 0 Å². The molecule has 0 saturated heterocycles. The maximum absolute atomic E-state index is 6.12. The van der Waals surface area contributed by atoms with Crippen molar-refractivity contribution in [1.82, 2.24) is 9.55 Å². The first-order chi connectivity index (χ1) is 9.78. The fourth-order valence-electron chi connectivity index (χ4n) is 2.53. The molecule has 0 atom stereocenters. The Kier molecular flexibility index (Phi) is 3.75. The van der Waals surface area contributed by atoms with Crippen LogP contribution in [-0.4, -0.2) is 9.55 Å². The molecule has 0 unspecified atom stereocenters. The molecular weight excluding hydrogens is 268 g/mol. The van der Waals surface area contributed by atoms with Gasteiger partial charge in [-0.2, -0.15) is 0 Å². The van der Waals surface area contributed by atoms with E-state index in [1.54, 1.807) is 0 Å². The van der Waals surface area contributed by atoms with Crippen LogP contribution in [-0.2, 0) is 13.0 Å². The number of aromatic nitrogens is 2. The predicted molar refractivity (Wildman–Crippen MR) is 84.3 cm³/mol. The van der Waals surface area contributed by atoms with Crippen molar-refractivity contribution >= 4 is 22.6 Å². The molecule has 20 heavy (non-hydrogen) atoms. The minimum Gasteiger partial charge on any atom is -0.328 e. The second-order valence-corrected chi connectivity index (χ2v) is 5.41. The van der Waals surface area contributed by atoms with E-state index in [2.05, 4.69) is 35.8 Å². The standard InChI is InChI=1S/C17H17ClN2/c1-2-10-20-16-12-14(18)8-9-15(16)19-17(20)11-13-6-4-3-5-7-13/h3-9,12H,2,10-11H2,1H3. The first-order valence-electron chi connectivity index (χ1n) is 6.96. The van der Waals surface area contributed by atoms with Crippen LogP contribution in [0.4, 0.5) is 0 Å². The van der Waals surface area contributed by atoms with Gasteiger partial charge in [0.1, 0.15) is 5.82 Å². The summed E-state index contributed by atoms with van der Waals surface area (Å²) in [4.78, 5) is 4.77. The molecule has 1 aromatic heterocycles. The first-order valence-corrected chi connectivity index (χ1v) is 7.34. The molecule has 0 aliphatic heterocycles. The summed E-state index contributed by atoms with van der Waals surface area (Å²) in [6.45, 7) is 3.15. The number of hydrogen-bond acceptors (Lipinski definition) is 1. The molecule has 3 rings (SSSR count). The summed E-state index contributed by atoms with van der Waals surface area (Å²) in [6, 6.07) is 16.4. The van der Waals surface area contributed by atoms with Crippen LogP contribution in [0.15, 0.2) is 48.5 Å². The predicted octanol–water partition coefficient (Wildman–Crippen LogP) is 4.69. The van der Waals surface area contributed by atoms with Gasteiger partial charge in [0, 0.05) is 18.0 Å². The molecule has 102 valence electrons. The highest BCUT2D eigenvalue weighted by atomic mass is 35.5. The van der Waals surface area contributed by atoms with Crippen molar-refractivity contribution in [1.29, 1.82) is 0 Å². The smallest absolute Gasteiger partial charge is 0.114 e. The lowest BCUT2D eigenvalue weighted by Crippen LogP contribution is -2.04. The molecule has 0 spiro atoms. The van der Waals surface area contributed by atoms with Gasteiger partial charge in [0.2, 0.25) is 0 Å². The van der Waals surface area contributed by atoms with Gasteiger partial charge in [-0.1, -0.05) is 48.9 Å². The van der Waals surface area contributed by atoms with Crippen LogP contribution in [0.25, 0.3) is 11.0 Å². The summed E-state index contributed by atoms with van der Waals surface area (Å²) in [5.41, 5.74) is 3.44. The third-order valence-corrected chi connectivity index (χ3v) is 3.68. The molecule has 3 heteroatoms. The number of imidazole rings is 1. The van der Waals surface area contributed by atoms with Crippen LogP contribution < -0.4 is 0 Å². The molecular formula is C17H17ClN2. The molecule has 1 heterocycles. The van der Waals surface area contributed by atoms with Crippen LogP contribution in [0, 0.1) is 0 Å². The lowest BCUT2D eigenvalue weighted by Gasteiger charge is -2.08. The van der Waals surface area contributed by atoms with E-state index in [-0.39, 0.29) is 0 Å². The molecule has 0 aliphatic rings. The average molecular weight is 285 g/mol. The van der Waals surface area contributed by atoms with Crippen molar-refractivity contribution in [3.63, 3.8) is 0 Å². The molecule has 2 aromatic carbocycles. The summed E-state index contributed by atoms with van der Waals surface area (Å²) in [5, 5.41) is 0.765. The van der Waals surface area contributed by atoms with E-state index in [1.165, 1.54) is 5.56 Å². The Morgan fingerprint density at radius 1 is 1.10 bits per heavy atom. The van der Waals surface area contributed by atoms with E-state index >= 15 is 0 Å². The minimum atomic E-state index is 0.765. The Morgan fingerprint density at radius 3 is 2.65 bits per heavy atom. The maximum Gasteiger partial charge on any atom is 0.114 e. The van der Waals surface area contributed by atoms with E-state index in [0.717, 1.165) is 41.3 Å². The van der Waals surface area contributed by atoms with Gasteiger partial charge in [0.15, 0.2) is 0 Å². The first kappa shape index (κ1) is 13.2. The van der Waals surface area contributed by atoms with Crippen molar-refractivity contribution in [2.75, 3.05) is 0 Å². The van der Waals surface area contributed by atoms with Gasteiger partial charge in [-0.3, -0.25) is 0 Å². The zero-order chi connectivity index (χ0) is 13.9. The van der Waals surface area contributed by atoms with Crippen molar-refractivity contribution in [3.8, 4) is 0 Å². The third-order valence-electron chi connectivity index (χ3n) is 3.44. The highest BCUT2D eigenvalue weighted by molar-refractivity contribution is 6.31. The van der Waals surface area contributed by atoms with E-state index < -0.39 is 0 Å². The van der Waals surface area contributed by atoms with E-state index in [1.807, 2.05) is 24.3 Å². The van der Waals surface area contributed by atoms with Gasteiger partial charge >= 0.3 is 0 Å². The average Bonchev–Trinajstić information content (AvgIpc) is 2.78. The quantitative estimate of drug-likeness (QED) is 0.679. The molecule has 0 fully saturated rings. The highest BCUT2D eigenvalue weighted by Gasteiger charge is 2.11. The Labute approximate surface area is 124 Å². The number of fused-ring (bicyclic) bond motifs is 1. The van der Waals surface area contributed by atoms with Crippen LogP contribution >= 0.6 is 11.6 Å². The molecule has 0 saturated carbocycles. The summed E-state index contributed by atoms with van der Waals surface area (Å²) in [6.07, 6.45) is 1.94. The molecule has 0 bridgehead atoms. The molecule has 0 N–H and O–H groups in total. The largest absolute Gasteiger partial charge is 0.328 e. The second-order valence-electron chi connectivity index (χ2n) is 4.98. The Morgan fingerprint density at radius 2 is 1.90 bits per heavy atom. The highest BCUT2D eigenvalue weighted by Crippen LogP contribution is 2.22. The van der Waals surface area contributed by atoms with Gasteiger partial charge < -0.3 is 4.57 Å². The number of halogens is 1. The lowest BCUT2D eigenvalue weighted by atomic mass is 10.1. The zero-order valence-electron chi connectivity index (χ0n) is 11.5. The van der Waals surface area contributed by atoms with Crippen molar-refractivity contribution < 1.29 is 0 Å². The summed E-state index contributed by atoms with van der Waals surface area (Å²) < 4.78 is 2.29. The van der Waals surface area contributed by atoms with Crippen LogP contribution in [0.5, 0.6) is 0 Å². The maximum atomic E-state index is 6.12. The molecule has 0 radical (unpaired) electrons. The van der Waals surface area contributed by atoms with Crippen molar-refractivity contribution in [2.45, 2.75) is 26.3 Å². The van der Waals surface area contributed by atoms with Crippen molar-refractivity contribution in [2.24, 2.45) is 0 Å². The zero-order valence-corrected chi connectivity index (χ0v) is 12.3. The second kappa shape index (κ2) is 5.68. The summed E-state index contributed by atoms with van der Waals surface area (Å²) in [5.74, 6) is 1.11. The fourth-order valence-corrected chi connectivity index (χ4v) is 2.70. The molecule has 3 aromatic rings. The van der Waals surface area contributed by atoms with Crippen LogP contribution in [0.3, 0.4) is 0 Å². The number of rotatable bonds is 4. The SMILES string of the molecule is CCCn1c(Cc2ccccc2)nc2ccc(Cl)cc21. The van der Waals surface area contributed by atoms with Crippen LogP contribution in [0.1, 0.15) is 24.7 Å². The summed E-state index contributed by atoms with van der Waals surface area (Å²) in [7, 11) is 0. The number of hydrogen-bond donors (Lipinski definition) is 0. The van der Waals surface area contributed by atoms with Gasteiger partial charge in [0.25, 0.3) is 0 Å². The number of benzene rings is 2. The normalized spacial score (nSPS) is 11.1.